The van der Waals surface area contributed by atoms with Crippen LogP contribution < -0.4 is 4.74 Å². The first-order chi connectivity index (χ1) is 21.2. The third-order valence-corrected chi connectivity index (χ3v) is 9.95. The molecule has 0 aliphatic carbocycles. The average Bonchev–Trinajstić information content (AvgIpc) is 3.00. The van der Waals surface area contributed by atoms with Crippen molar-refractivity contribution < 1.29 is 19.4 Å². The minimum Gasteiger partial charge on any atom is -0.481 e. The molecule has 0 bridgehead atoms. The Hall–Kier alpha value is -3.46. The van der Waals surface area contributed by atoms with E-state index in [0.29, 0.717) is 41.8 Å². The van der Waals surface area contributed by atoms with Crippen molar-refractivity contribution in [2.75, 3.05) is 18.8 Å². The van der Waals surface area contributed by atoms with Crippen LogP contribution in [0.15, 0.2) is 78.9 Å². The summed E-state index contributed by atoms with van der Waals surface area (Å²) in [6, 6.07) is 25.5. The number of amides is 1. The largest absolute Gasteiger partial charge is 0.481 e. The van der Waals surface area contributed by atoms with Gasteiger partial charge in [0.15, 0.2) is 0 Å². The van der Waals surface area contributed by atoms with E-state index < -0.39 is 5.97 Å². The maximum Gasteiger partial charge on any atom is 0.304 e. The van der Waals surface area contributed by atoms with Crippen molar-refractivity contribution >= 4 is 70.1 Å². The number of aliphatic carboxylic acids is 1. The van der Waals surface area contributed by atoms with Crippen molar-refractivity contribution in [2.24, 2.45) is 0 Å². The molecule has 2 unspecified atom stereocenters. The number of carboxylic acids is 1. The molecule has 1 aromatic heterocycles. The lowest BCUT2D eigenvalue weighted by Gasteiger charge is -2.25. The van der Waals surface area contributed by atoms with E-state index in [2.05, 4.69) is 0 Å². The number of benzene rings is 3. The van der Waals surface area contributed by atoms with E-state index in [4.69, 9.17) is 26.4 Å². The van der Waals surface area contributed by atoms with Gasteiger partial charge in [-0.3, -0.25) is 9.59 Å². The number of halogens is 1. The maximum absolute atomic E-state index is 12.9. The highest BCUT2D eigenvalue weighted by Gasteiger charge is 2.24. The third-order valence-electron chi connectivity index (χ3n) is 6.92. The molecule has 230 valence electrons. The molecular weight excluding hydrogens is 612 g/mol. The number of aromatic nitrogens is 1. The molecule has 44 heavy (non-hydrogen) atoms. The lowest BCUT2D eigenvalue weighted by molar-refractivity contribution is -0.136. The van der Waals surface area contributed by atoms with E-state index in [1.807, 2.05) is 117 Å². The van der Waals surface area contributed by atoms with Crippen LogP contribution in [0.4, 0.5) is 0 Å². The lowest BCUT2D eigenvalue weighted by atomic mass is 10.1. The first kappa shape index (κ1) is 33.4. The Labute approximate surface area is 272 Å². The highest BCUT2D eigenvalue weighted by atomic mass is 35.5. The molecule has 1 amide bonds. The van der Waals surface area contributed by atoms with E-state index in [-0.39, 0.29) is 22.2 Å². The topological polar surface area (TPSA) is 79.7 Å². The molecule has 0 aliphatic rings. The number of ether oxygens (including phenoxy) is 1. The second-order valence-electron chi connectivity index (χ2n) is 10.2. The number of hydrogen-bond donors (Lipinski definition) is 1. The molecule has 0 saturated carbocycles. The fourth-order valence-electron chi connectivity index (χ4n) is 4.63. The predicted octanol–water partition coefficient (Wildman–Crippen LogP) is 8.92. The van der Waals surface area contributed by atoms with Crippen LogP contribution in [0.2, 0.25) is 5.02 Å². The van der Waals surface area contributed by atoms with Crippen molar-refractivity contribution in [2.45, 2.75) is 43.4 Å². The number of pyridine rings is 1. The molecule has 9 heteroatoms. The van der Waals surface area contributed by atoms with Crippen LogP contribution in [0.1, 0.15) is 44.0 Å². The Kier molecular flexibility index (Phi) is 12.6. The SMILES string of the molecule is CCN(CC)C(=O)C(C)SC(Cc1cccc(Oc2cccc(/C=C/c3ccc4ccc(Cl)cc4n3)c2)c1)SCCC(=O)O. The number of carboxylic acid groups (broad SMARTS) is 1. The minimum absolute atomic E-state index is 0.0207. The van der Waals surface area contributed by atoms with E-state index in [1.165, 1.54) is 0 Å². The summed E-state index contributed by atoms with van der Waals surface area (Å²) in [5, 5.41) is 10.6. The Morgan fingerprint density at radius 1 is 0.977 bits per heavy atom. The van der Waals surface area contributed by atoms with Crippen LogP contribution >= 0.6 is 35.1 Å². The van der Waals surface area contributed by atoms with Crippen molar-refractivity contribution in [3.05, 3.63) is 101 Å². The molecule has 0 saturated heterocycles. The Bertz CT molecular complexity index is 1610. The maximum atomic E-state index is 12.9. The van der Waals surface area contributed by atoms with Crippen LogP contribution in [-0.2, 0) is 16.0 Å². The quantitative estimate of drug-likeness (QED) is 0.129. The first-order valence-electron chi connectivity index (χ1n) is 14.6. The van der Waals surface area contributed by atoms with Gasteiger partial charge in [-0.25, -0.2) is 4.98 Å². The molecular formula is C35H37ClN2O4S2. The Morgan fingerprint density at radius 2 is 1.70 bits per heavy atom. The van der Waals surface area contributed by atoms with Gasteiger partial charge in [0.25, 0.3) is 0 Å². The van der Waals surface area contributed by atoms with E-state index in [9.17, 15) is 9.59 Å². The van der Waals surface area contributed by atoms with Gasteiger partial charge in [-0.05, 0) is 86.9 Å². The van der Waals surface area contributed by atoms with Crippen molar-refractivity contribution in [1.29, 1.82) is 0 Å². The summed E-state index contributed by atoms with van der Waals surface area (Å²) in [6.07, 6.45) is 4.72. The second-order valence-corrected chi connectivity index (χ2v) is 13.8. The van der Waals surface area contributed by atoms with Gasteiger partial charge in [0.2, 0.25) is 5.91 Å². The van der Waals surface area contributed by atoms with Gasteiger partial charge >= 0.3 is 5.97 Å². The fourth-order valence-corrected chi connectivity index (χ4v) is 7.77. The summed E-state index contributed by atoms with van der Waals surface area (Å²) >= 11 is 9.32. The van der Waals surface area contributed by atoms with Crippen LogP contribution in [0.3, 0.4) is 0 Å². The molecule has 1 heterocycles. The van der Waals surface area contributed by atoms with E-state index in [0.717, 1.165) is 27.7 Å². The highest BCUT2D eigenvalue weighted by molar-refractivity contribution is 8.17. The van der Waals surface area contributed by atoms with Crippen LogP contribution in [-0.4, -0.2) is 55.5 Å². The Balaban J connectivity index is 1.44. The van der Waals surface area contributed by atoms with Gasteiger partial charge in [0.05, 0.1) is 27.5 Å². The summed E-state index contributed by atoms with van der Waals surface area (Å²) in [6.45, 7) is 7.23. The summed E-state index contributed by atoms with van der Waals surface area (Å²) < 4.78 is 6.26. The van der Waals surface area contributed by atoms with Gasteiger partial charge in [-0.2, -0.15) is 0 Å². The van der Waals surface area contributed by atoms with E-state index in [1.54, 1.807) is 23.5 Å². The lowest BCUT2D eigenvalue weighted by Crippen LogP contribution is -2.37. The standard InChI is InChI=1S/C35H37ClN2O4S2/c1-4-38(5-2)35(41)24(3)44-34(43-19-18-33(39)40)22-26-9-7-11-31(21-26)42-30-10-6-8-25(20-30)12-16-29-17-14-27-13-15-28(36)23-32(27)37-29/h6-17,20-21,23-24,34H,4-5,18-19,22H2,1-3H3,(H,39,40)/b16-12+. The fraction of sp³-hybridized carbons (Fsp3) is 0.286. The highest BCUT2D eigenvalue weighted by Crippen LogP contribution is 2.33. The molecule has 3 aromatic carbocycles. The zero-order valence-electron chi connectivity index (χ0n) is 25.1. The van der Waals surface area contributed by atoms with Crippen LogP contribution in [0, 0.1) is 0 Å². The third kappa shape index (κ3) is 10.0. The summed E-state index contributed by atoms with van der Waals surface area (Å²) in [5.74, 6) is 1.19. The van der Waals surface area contributed by atoms with Crippen molar-refractivity contribution in [3.8, 4) is 11.5 Å². The predicted molar refractivity (Wildman–Crippen MR) is 186 cm³/mol. The van der Waals surface area contributed by atoms with Crippen LogP contribution in [0.5, 0.6) is 11.5 Å². The van der Waals surface area contributed by atoms with Gasteiger partial charge < -0.3 is 14.7 Å². The smallest absolute Gasteiger partial charge is 0.304 e. The average molecular weight is 649 g/mol. The number of carbonyl (C=O) groups excluding carboxylic acids is 1. The molecule has 4 aromatic rings. The molecule has 1 N–H and O–H groups in total. The molecule has 0 fully saturated rings. The first-order valence-corrected chi connectivity index (χ1v) is 17.0. The molecule has 0 aliphatic heterocycles. The number of hydrogen-bond acceptors (Lipinski definition) is 6. The number of fused-ring (bicyclic) bond motifs is 1. The number of thioether (sulfide) groups is 2. The number of nitrogens with zero attached hydrogens (tertiary/aromatic N) is 2. The zero-order chi connectivity index (χ0) is 31.5. The monoisotopic (exact) mass is 648 g/mol. The molecule has 0 spiro atoms. The normalized spacial score (nSPS) is 12.7. The molecule has 6 nitrogen and oxygen atoms in total. The number of rotatable bonds is 15. The van der Waals surface area contributed by atoms with Gasteiger partial charge in [0, 0.05) is 29.3 Å². The number of carbonyl (C=O) groups is 2. The van der Waals surface area contributed by atoms with Gasteiger partial charge in [-0.1, -0.05) is 54.1 Å². The summed E-state index contributed by atoms with van der Waals surface area (Å²) in [4.78, 5) is 30.6. The minimum atomic E-state index is -0.820. The van der Waals surface area contributed by atoms with Gasteiger partial charge in [-0.15, -0.1) is 23.5 Å². The molecule has 4 rings (SSSR count). The summed E-state index contributed by atoms with van der Waals surface area (Å²) in [5.41, 5.74) is 3.72. The summed E-state index contributed by atoms with van der Waals surface area (Å²) in [7, 11) is 0. The van der Waals surface area contributed by atoms with Crippen molar-refractivity contribution in [1.82, 2.24) is 9.88 Å². The van der Waals surface area contributed by atoms with E-state index >= 15 is 0 Å². The Morgan fingerprint density at radius 3 is 2.45 bits per heavy atom. The molecule has 2 atom stereocenters. The van der Waals surface area contributed by atoms with Crippen LogP contribution in [0.25, 0.3) is 23.1 Å². The zero-order valence-corrected chi connectivity index (χ0v) is 27.5. The molecule has 0 radical (unpaired) electrons. The van der Waals surface area contributed by atoms with Crippen molar-refractivity contribution in [3.63, 3.8) is 0 Å². The van der Waals surface area contributed by atoms with Gasteiger partial charge in [0.1, 0.15) is 11.5 Å². The second kappa shape index (κ2) is 16.6.